The largest absolute Gasteiger partial charge is 0.397 e. The molecule has 0 radical (unpaired) electrons. The Balaban J connectivity index is 1.76. The monoisotopic (exact) mass is 281 g/mol. The van der Waals surface area contributed by atoms with Gasteiger partial charge in [0.15, 0.2) is 0 Å². The van der Waals surface area contributed by atoms with Crippen molar-refractivity contribution >= 4 is 23.0 Å². The molecular weight excluding hydrogens is 262 g/mol. The van der Waals surface area contributed by atoms with Gasteiger partial charge in [-0.05, 0) is 36.6 Å². The number of aryl methyl sites for hydroxylation is 2. The number of hydrogen-bond donors (Lipinski definition) is 3. The van der Waals surface area contributed by atoms with Gasteiger partial charge in [-0.1, -0.05) is 29.8 Å². The van der Waals surface area contributed by atoms with Gasteiger partial charge in [0, 0.05) is 18.7 Å². The van der Waals surface area contributed by atoms with Gasteiger partial charge in [-0.2, -0.15) is 0 Å². The Bertz CT molecular complexity index is 677. The Labute approximate surface area is 124 Å². The highest BCUT2D eigenvalue weighted by Gasteiger charge is 2.16. The molecule has 0 saturated carbocycles. The second-order valence-corrected chi connectivity index (χ2v) is 5.48. The van der Waals surface area contributed by atoms with Gasteiger partial charge in [0.1, 0.15) is 0 Å². The van der Waals surface area contributed by atoms with Crippen LogP contribution in [-0.4, -0.2) is 5.91 Å². The summed E-state index contributed by atoms with van der Waals surface area (Å²) in [4.78, 5) is 11.4. The summed E-state index contributed by atoms with van der Waals surface area (Å²) in [7, 11) is 0. The number of rotatable bonds is 3. The van der Waals surface area contributed by atoms with E-state index >= 15 is 0 Å². The topological polar surface area (TPSA) is 67.2 Å². The minimum absolute atomic E-state index is 0.0577. The molecule has 4 nitrogen and oxygen atoms in total. The van der Waals surface area contributed by atoms with Crippen molar-refractivity contribution in [2.75, 3.05) is 16.4 Å². The zero-order valence-electron chi connectivity index (χ0n) is 12.1. The van der Waals surface area contributed by atoms with Crippen LogP contribution in [0.1, 0.15) is 23.1 Å². The minimum atomic E-state index is 0.0577. The Kier molecular flexibility index (Phi) is 3.52. The molecule has 1 aliphatic rings. The van der Waals surface area contributed by atoms with E-state index in [9.17, 15) is 4.79 Å². The molecule has 4 N–H and O–H groups in total. The predicted molar refractivity (Wildman–Crippen MR) is 86.3 cm³/mol. The van der Waals surface area contributed by atoms with Gasteiger partial charge in [0.2, 0.25) is 5.91 Å². The van der Waals surface area contributed by atoms with Crippen molar-refractivity contribution in [1.82, 2.24) is 0 Å². The van der Waals surface area contributed by atoms with E-state index in [-0.39, 0.29) is 5.91 Å². The number of carbonyl (C=O) groups excluding carboxylic acids is 1. The van der Waals surface area contributed by atoms with Crippen molar-refractivity contribution in [2.45, 2.75) is 26.3 Å². The van der Waals surface area contributed by atoms with E-state index in [0.717, 1.165) is 29.9 Å². The fourth-order valence-corrected chi connectivity index (χ4v) is 2.50. The van der Waals surface area contributed by atoms with Gasteiger partial charge in [-0.25, -0.2) is 0 Å². The maximum atomic E-state index is 11.4. The van der Waals surface area contributed by atoms with Crippen LogP contribution in [0.15, 0.2) is 36.4 Å². The Morgan fingerprint density at radius 3 is 2.71 bits per heavy atom. The Morgan fingerprint density at radius 2 is 1.95 bits per heavy atom. The summed E-state index contributed by atoms with van der Waals surface area (Å²) in [5, 5.41) is 6.23. The highest BCUT2D eigenvalue weighted by Crippen LogP contribution is 2.31. The quantitative estimate of drug-likeness (QED) is 0.757. The van der Waals surface area contributed by atoms with Crippen molar-refractivity contribution in [3.05, 3.63) is 53.1 Å². The van der Waals surface area contributed by atoms with E-state index in [2.05, 4.69) is 41.8 Å². The molecule has 3 rings (SSSR count). The van der Waals surface area contributed by atoms with Gasteiger partial charge in [-0.3, -0.25) is 4.79 Å². The zero-order chi connectivity index (χ0) is 14.8. The lowest BCUT2D eigenvalue weighted by Crippen LogP contribution is -2.19. The van der Waals surface area contributed by atoms with Crippen LogP contribution in [-0.2, 0) is 17.8 Å². The zero-order valence-corrected chi connectivity index (χ0v) is 12.1. The lowest BCUT2D eigenvalue weighted by Gasteiger charge is -2.20. The lowest BCUT2D eigenvalue weighted by atomic mass is 10.0. The fourth-order valence-electron chi connectivity index (χ4n) is 2.50. The Hall–Kier alpha value is -2.49. The van der Waals surface area contributed by atoms with Crippen LogP contribution >= 0.6 is 0 Å². The van der Waals surface area contributed by atoms with Gasteiger partial charge in [-0.15, -0.1) is 0 Å². The van der Waals surface area contributed by atoms with E-state index in [4.69, 9.17) is 5.73 Å². The molecule has 1 amide bonds. The number of amides is 1. The first-order valence-electron chi connectivity index (χ1n) is 7.13. The third-order valence-corrected chi connectivity index (χ3v) is 3.77. The number of nitrogens with two attached hydrogens (primary N) is 1. The van der Waals surface area contributed by atoms with Crippen molar-refractivity contribution in [3.8, 4) is 0 Å². The SMILES string of the molecule is Cc1ccc(CNc2cc3c(cc2N)NC(=O)CC3)cc1. The normalized spacial score (nSPS) is 13.5. The molecule has 0 aliphatic carbocycles. The van der Waals surface area contributed by atoms with Crippen molar-refractivity contribution in [1.29, 1.82) is 0 Å². The number of benzene rings is 2. The van der Waals surface area contributed by atoms with Crippen LogP contribution in [0, 0.1) is 6.92 Å². The molecule has 0 saturated heterocycles. The van der Waals surface area contributed by atoms with Crippen LogP contribution in [0.5, 0.6) is 0 Å². The van der Waals surface area contributed by atoms with Crippen LogP contribution < -0.4 is 16.4 Å². The molecule has 2 aromatic rings. The first kappa shape index (κ1) is 13.5. The highest BCUT2D eigenvalue weighted by molar-refractivity contribution is 5.95. The minimum Gasteiger partial charge on any atom is -0.397 e. The molecule has 108 valence electrons. The summed E-state index contributed by atoms with van der Waals surface area (Å²) < 4.78 is 0. The fraction of sp³-hybridized carbons (Fsp3) is 0.235. The van der Waals surface area contributed by atoms with E-state index in [1.54, 1.807) is 0 Å². The summed E-state index contributed by atoms with van der Waals surface area (Å²) in [5.74, 6) is 0.0577. The molecule has 4 heteroatoms. The molecule has 0 spiro atoms. The van der Waals surface area contributed by atoms with E-state index in [0.29, 0.717) is 12.1 Å². The predicted octanol–water partition coefficient (Wildman–Crippen LogP) is 3.07. The number of nitrogen functional groups attached to an aromatic ring is 1. The van der Waals surface area contributed by atoms with Crippen molar-refractivity contribution < 1.29 is 4.79 Å². The third-order valence-electron chi connectivity index (χ3n) is 3.77. The number of hydrogen-bond acceptors (Lipinski definition) is 3. The average Bonchev–Trinajstić information content (AvgIpc) is 2.47. The molecule has 0 aromatic heterocycles. The maximum Gasteiger partial charge on any atom is 0.224 e. The van der Waals surface area contributed by atoms with Crippen molar-refractivity contribution in [3.63, 3.8) is 0 Å². The third kappa shape index (κ3) is 2.99. The smallest absolute Gasteiger partial charge is 0.224 e. The lowest BCUT2D eigenvalue weighted by molar-refractivity contribution is -0.116. The molecule has 21 heavy (non-hydrogen) atoms. The van der Waals surface area contributed by atoms with Crippen LogP contribution in [0.25, 0.3) is 0 Å². The first-order valence-corrected chi connectivity index (χ1v) is 7.13. The molecule has 1 aliphatic heterocycles. The molecule has 2 aromatic carbocycles. The number of nitrogens with one attached hydrogen (secondary N) is 2. The van der Waals surface area contributed by atoms with Gasteiger partial charge in [0.25, 0.3) is 0 Å². The van der Waals surface area contributed by atoms with E-state index in [1.165, 1.54) is 11.1 Å². The number of carbonyl (C=O) groups is 1. The van der Waals surface area contributed by atoms with Gasteiger partial charge in [0.05, 0.1) is 11.4 Å². The molecule has 0 atom stereocenters. The highest BCUT2D eigenvalue weighted by atomic mass is 16.1. The summed E-state index contributed by atoms with van der Waals surface area (Å²) in [5.41, 5.74) is 12.1. The number of fused-ring (bicyclic) bond motifs is 1. The first-order chi connectivity index (χ1) is 10.1. The van der Waals surface area contributed by atoms with Crippen LogP contribution in [0.3, 0.4) is 0 Å². The van der Waals surface area contributed by atoms with Crippen molar-refractivity contribution in [2.24, 2.45) is 0 Å². The maximum absolute atomic E-state index is 11.4. The standard InChI is InChI=1S/C17H19N3O/c1-11-2-4-12(5-3-11)10-19-16-8-13-6-7-17(21)20-15(13)9-14(16)18/h2-5,8-9,19H,6-7,10,18H2,1H3,(H,20,21). The summed E-state index contributed by atoms with van der Waals surface area (Å²) in [6, 6.07) is 12.3. The average molecular weight is 281 g/mol. The summed E-state index contributed by atoms with van der Waals surface area (Å²) in [6.45, 7) is 2.81. The van der Waals surface area contributed by atoms with E-state index < -0.39 is 0 Å². The summed E-state index contributed by atoms with van der Waals surface area (Å²) >= 11 is 0. The second-order valence-electron chi connectivity index (χ2n) is 5.48. The molecule has 0 unspecified atom stereocenters. The molecule has 0 bridgehead atoms. The summed E-state index contributed by atoms with van der Waals surface area (Å²) in [6.07, 6.45) is 1.30. The van der Waals surface area contributed by atoms with Gasteiger partial charge >= 0.3 is 0 Å². The van der Waals surface area contributed by atoms with Crippen LogP contribution in [0.2, 0.25) is 0 Å². The molecule has 1 heterocycles. The Morgan fingerprint density at radius 1 is 1.19 bits per heavy atom. The number of anilines is 3. The van der Waals surface area contributed by atoms with Gasteiger partial charge < -0.3 is 16.4 Å². The van der Waals surface area contributed by atoms with E-state index in [1.807, 2.05) is 12.1 Å². The second kappa shape index (κ2) is 5.48. The molecule has 0 fully saturated rings. The molecular formula is C17H19N3O. The van der Waals surface area contributed by atoms with Crippen LogP contribution in [0.4, 0.5) is 17.1 Å².